The molecular weight excluding hydrogens is 561 g/mol. The smallest absolute Gasteiger partial charge is 0.0207 e. The molecule has 0 aromatic heterocycles. The van der Waals surface area contributed by atoms with Gasteiger partial charge in [-0.25, -0.2) is 0 Å². The van der Waals surface area contributed by atoms with Crippen molar-refractivity contribution in [1.29, 1.82) is 0 Å². The zero-order chi connectivity index (χ0) is 29.5. The van der Waals surface area contributed by atoms with Crippen molar-refractivity contribution in [3.63, 3.8) is 0 Å². The van der Waals surface area contributed by atoms with Crippen LogP contribution in [-0.4, -0.2) is 0 Å². The average Bonchev–Trinajstić information content (AvgIpc) is 3.11. The summed E-state index contributed by atoms with van der Waals surface area (Å²) in [7, 11) is 0. The predicted octanol–water partition coefficient (Wildman–Crippen LogP) is 12.9. The van der Waals surface area contributed by atoms with Crippen LogP contribution >= 0.6 is 11.8 Å². The highest BCUT2D eigenvalue weighted by Crippen LogP contribution is 2.52. The van der Waals surface area contributed by atoms with E-state index in [-0.39, 0.29) is 0 Å². The lowest BCUT2D eigenvalue weighted by molar-refractivity contribution is 1.40. The molecule has 0 atom stereocenters. The van der Waals surface area contributed by atoms with Gasteiger partial charge < -0.3 is 0 Å². The van der Waals surface area contributed by atoms with E-state index in [1.807, 2.05) is 11.8 Å². The molecule has 1 heteroatoms. The molecule has 0 saturated heterocycles. The van der Waals surface area contributed by atoms with Crippen molar-refractivity contribution in [3.8, 4) is 33.4 Å². The fourth-order valence-electron chi connectivity index (χ4n) is 7.76. The highest BCUT2D eigenvalue weighted by Gasteiger charge is 2.24. The molecule has 0 N–H and O–H groups in total. The number of benzene rings is 9. The molecule has 0 saturated carbocycles. The van der Waals surface area contributed by atoms with E-state index in [4.69, 9.17) is 0 Å². The van der Waals surface area contributed by atoms with Crippen LogP contribution in [0.3, 0.4) is 0 Å². The summed E-state index contributed by atoms with van der Waals surface area (Å²) >= 11 is 1.89. The van der Waals surface area contributed by atoms with Crippen LogP contribution in [0.15, 0.2) is 168 Å². The van der Waals surface area contributed by atoms with E-state index in [1.54, 1.807) is 0 Å². The third kappa shape index (κ3) is 3.56. The molecule has 9 aromatic carbocycles. The van der Waals surface area contributed by atoms with Crippen LogP contribution in [0.25, 0.3) is 87.2 Å². The van der Waals surface area contributed by atoms with Crippen molar-refractivity contribution in [2.24, 2.45) is 0 Å². The standard InChI is InChI=1S/C44H26S/c1-3-14-29-27(11-1)13-9-19-32(29)44-36-18-6-5-17-34(36)41(38-24-23-28-12-2-4-15-30(28)43(38)44)37-25-26-40-42-33(20-10-21-35(37)42)31-16-7-8-22-39(31)45-40/h1-26H. The summed E-state index contributed by atoms with van der Waals surface area (Å²) in [6, 6.07) is 58.5. The van der Waals surface area contributed by atoms with Crippen LogP contribution < -0.4 is 0 Å². The zero-order valence-corrected chi connectivity index (χ0v) is 25.2. The van der Waals surface area contributed by atoms with Crippen molar-refractivity contribution in [1.82, 2.24) is 0 Å². The molecule has 0 radical (unpaired) electrons. The minimum Gasteiger partial charge on any atom is -0.0888 e. The highest BCUT2D eigenvalue weighted by atomic mass is 32.2. The van der Waals surface area contributed by atoms with Gasteiger partial charge in [0, 0.05) is 15.2 Å². The molecule has 1 aliphatic heterocycles. The van der Waals surface area contributed by atoms with Gasteiger partial charge in [-0.1, -0.05) is 157 Å². The van der Waals surface area contributed by atoms with Crippen molar-refractivity contribution in [2.75, 3.05) is 0 Å². The van der Waals surface area contributed by atoms with Crippen molar-refractivity contribution in [3.05, 3.63) is 158 Å². The van der Waals surface area contributed by atoms with E-state index in [1.165, 1.54) is 97.0 Å². The molecule has 0 aliphatic carbocycles. The number of hydrogen-bond acceptors (Lipinski definition) is 1. The van der Waals surface area contributed by atoms with Gasteiger partial charge >= 0.3 is 0 Å². The second-order valence-electron chi connectivity index (χ2n) is 12.0. The molecule has 0 unspecified atom stereocenters. The fraction of sp³-hybridized carbons (Fsp3) is 0. The molecule has 0 fully saturated rings. The lowest BCUT2D eigenvalue weighted by atomic mass is 9.82. The van der Waals surface area contributed by atoms with Gasteiger partial charge in [0.15, 0.2) is 0 Å². The van der Waals surface area contributed by atoms with Crippen molar-refractivity contribution in [2.45, 2.75) is 9.79 Å². The summed E-state index contributed by atoms with van der Waals surface area (Å²) < 4.78 is 0. The van der Waals surface area contributed by atoms with Crippen LogP contribution in [0.2, 0.25) is 0 Å². The molecule has 1 aliphatic rings. The van der Waals surface area contributed by atoms with Crippen molar-refractivity contribution < 1.29 is 0 Å². The quantitative estimate of drug-likeness (QED) is 0.143. The lowest BCUT2D eigenvalue weighted by Crippen LogP contribution is -1.96. The van der Waals surface area contributed by atoms with Gasteiger partial charge in [0.05, 0.1) is 0 Å². The Kier molecular flexibility index (Phi) is 5.31. The molecule has 1 heterocycles. The van der Waals surface area contributed by atoms with E-state index in [0.717, 1.165) is 0 Å². The Balaban J connectivity index is 1.41. The SMILES string of the molecule is c1ccc2c(c1)Sc1ccc(-c3c4ccccc4c(-c4cccc5ccccc45)c4c3ccc3ccccc34)c3cccc-2c13. The second-order valence-corrected chi connectivity index (χ2v) is 13.1. The molecular formula is C44H26S. The Labute approximate surface area is 265 Å². The summed E-state index contributed by atoms with van der Waals surface area (Å²) in [6.45, 7) is 0. The first kappa shape index (κ1) is 25.0. The summed E-state index contributed by atoms with van der Waals surface area (Å²) in [5.41, 5.74) is 7.83. The van der Waals surface area contributed by atoms with Crippen LogP contribution in [0.4, 0.5) is 0 Å². The summed E-state index contributed by atoms with van der Waals surface area (Å²) in [5.74, 6) is 0. The highest BCUT2D eigenvalue weighted by molar-refractivity contribution is 7.99. The topological polar surface area (TPSA) is 0 Å². The lowest BCUT2D eigenvalue weighted by Gasteiger charge is -2.24. The first-order chi connectivity index (χ1) is 22.3. The van der Waals surface area contributed by atoms with E-state index >= 15 is 0 Å². The summed E-state index contributed by atoms with van der Waals surface area (Å²) in [4.78, 5) is 2.65. The molecule has 0 spiro atoms. The molecule has 9 aromatic rings. The van der Waals surface area contributed by atoms with Crippen molar-refractivity contribution >= 4 is 65.6 Å². The minimum atomic E-state index is 1.26. The number of hydrogen-bond donors (Lipinski definition) is 0. The summed E-state index contributed by atoms with van der Waals surface area (Å²) in [6.07, 6.45) is 0. The minimum absolute atomic E-state index is 1.26. The Hall–Kier alpha value is -5.37. The first-order valence-electron chi connectivity index (χ1n) is 15.5. The Morgan fingerprint density at radius 1 is 0.267 bits per heavy atom. The Morgan fingerprint density at radius 3 is 1.71 bits per heavy atom. The normalized spacial score (nSPS) is 12.4. The van der Waals surface area contributed by atoms with Crippen LogP contribution in [0.5, 0.6) is 0 Å². The van der Waals surface area contributed by atoms with Gasteiger partial charge in [0.25, 0.3) is 0 Å². The molecule has 0 amide bonds. The third-order valence-electron chi connectivity index (χ3n) is 9.64. The van der Waals surface area contributed by atoms with E-state index in [2.05, 4.69) is 158 Å². The molecule has 45 heavy (non-hydrogen) atoms. The van der Waals surface area contributed by atoms with Gasteiger partial charge in [-0.05, 0) is 94.0 Å². The van der Waals surface area contributed by atoms with Gasteiger partial charge in [0.1, 0.15) is 0 Å². The van der Waals surface area contributed by atoms with E-state index in [0.29, 0.717) is 0 Å². The Bertz CT molecular complexity index is 2670. The van der Waals surface area contributed by atoms with E-state index < -0.39 is 0 Å². The second kappa shape index (κ2) is 9.56. The molecule has 0 bridgehead atoms. The maximum atomic E-state index is 2.37. The van der Waals surface area contributed by atoms with Gasteiger partial charge in [-0.15, -0.1) is 0 Å². The third-order valence-corrected chi connectivity index (χ3v) is 10.8. The van der Waals surface area contributed by atoms with Gasteiger partial charge in [0.2, 0.25) is 0 Å². The number of fused-ring (bicyclic) bond motifs is 7. The van der Waals surface area contributed by atoms with Gasteiger partial charge in [-0.3, -0.25) is 0 Å². The fourth-order valence-corrected chi connectivity index (χ4v) is 8.89. The predicted molar refractivity (Wildman–Crippen MR) is 194 cm³/mol. The largest absolute Gasteiger partial charge is 0.0888 e. The van der Waals surface area contributed by atoms with Crippen LogP contribution in [0.1, 0.15) is 0 Å². The molecule has 10 rings (SSSR count). The average molecular weight is 587 g/mol. The van der Waals surface area contributed by atoms with Crippen LogP contribution in [-0.2, 0) is 0 Å². The first-order valence-corrected chi connectivity index (χ1v) is 16.3. The Morgan fingerprint density at radius 2 is 0.844 bits per heavy atom. The molecule has 0 nitrogen and oxygen atoms in total. The summed E-state index contributed by atoms with van der Waals surface area (Å²) in [5, 5.41) is 12.9. The molecule has 208 valence electrons. The van der Waals surface area contributed by atoms with E-state index in [9.17, 15) is 0 Å². The zero-order valence-electron chi connectivity index (χ0n) is 24.4. The van der Waals surface area contributed by atoms with Gasteiger partial charge in [-0.2, -0.15) is 0 Å². The number of rotatable bonds is 2. The maximum absolute atomic E-state index is 2.37. The van der Waals surface area contributed by atoms with Crippen LogP contribution in [0, 0.1) is 0 Å². The maximum Gasteiger partial charge on any atom is 0.0207 e. The monoisotopic (exact) mass is 586 g/mol.